The summed E-state index contributed by atoms with van der Waals surface area (Å²) in [6.07, 6.45) is 58.1. The van der Waals surface area contributed by atoms with Crippen LogP contribution in [0.5, 0.6) is 0 Å². The van der Waals surface area contributed by atoms with E-state index in [1.165, 1.54) is 58.3 Å². The van der Waals surface area contributed by atoms with Gasteiger partial charge in [0.05, 0.1) is 6.10 Å². The van der Waals surface area contributed by atoms with Crippen LogP contribution in [0.25, 0.3) is 0 Å². The molecule has 2 aliphatic carbocycles. The molecule has 0 amide bonds. The highest BCUT2D eigenvalue weighted by molar-refractivity contribution is 5.69. The van der Waals surface area contributed by atoms with Gasteiger partial charge < -0.3 is 9.84 Å². The zero-order valence-electron chi connectivity index (χ0n) is 40.3. The topological polar surface area (TPSA) is 46.5 Å². The molecule has 61 heavy (non-hydrogen) atoms. The Morgan fingerprint density at radius 2 is 1.25 bits per heavy atom. The van der Waals surface area contributed by atoms with Gasteiger partial charge in [-0.05, 0) is 109 Å². The summed E-state index contributed by atoms with van der Waals surface area (Å²) in [5, 5.41) is 10.1. The fraction of sp³-hybridized carbons (Fsp3) is 0.500. The van der Waals surface area contributed by atoms with Crippen molar-refractivity contribution in [3.8, 4) is 0 Å². The quantitative estimate of drug-likeness (QED) is 0.0456. The van der Waals surface area contributed by atoms with Gasteiger partial charge in [-0.3, -0.25) is 4.79 Å². The van der Waals surface area contributed by atoms with Crippen molar-refractivity contribution in [2.45, 2.75) is 172 Å². The Morgan fingerprint density at radius 1 is 0.705 bits per heavy atom. The molecule has 1 N–H and O–H groups in total. The molecular formula is C58H84O3. The van der Waals surface area contributed by atoms with E-state index >= 15 is 0 Å². The maximum absolute atomic E-state index is 12.7. The highest BCUT2D eigenvalue weighted by Crippen LogP contribution is 2.43. The number of aliphatic hydroxyl groups is 1. The summed E-state index contributed by atoms with van der Waals surface area (Å²) >= 11 is 0. The number of esters is 1. The largest absolute Gasteiger partial charge is 0.462 e. The molecule has 0 saturated carbocycles. The number of aliphatic hydroxyl groups excluding tert-OH is 1. The van der Waals surface area contributed by atoms with E-state index in [9.17, 15) is 9.90 Å². The molecule has 0 aromatic carbocycles. The van der Waals surface area contributed by atoms with Gasteiger partial charge in [-0.2, -0.15) is 0 Å². The first-order chi connectivity index (χ1) is 29.0. The molecule has 2 rings (SSSR count). The van der Waals surface area contributed by atoms with Crippen molar-refractivity contribution in [2.24, 2.45) is 16.7 Å². The van der Waals surface area contributed by atoms with Gasteiger partial charge in [0, 0.05) is 18.8 Å². The minimum atomic E-state index is -0.339. The lowest BCUT2D eigenvalue weighted by molar-refractivity contribution is -0.150. The van der Waals surface area contributed by atoms with Crippen molar-refractivity contribution in [3.05, 3.63) is 167 Å². The van der Waals surface area contributed by atoms with Gasteiger partial charge in [0.2, 0.25) is 0 Å². The van der Waals surface area contributed by atoms with E-state index in [0.29, 0.717) is 12.3 Å². The van der Waals surface area contributed by atoms with E-state index in [1.54, 1.807) is 0 Å². The van der Waals surface area contributed by atoms with Crippen LogP contribution in [-0.4, -0.2) is 23.3 Å². The summed E-state index contributed by atoms with van der Waals surface area (Å²) in [7, 11) is 0. The van der Waals surface area contributed by atoms with Gasteiger partial charge in [0.25, 0.3) is 0 Å². The summed E-state index contributed by atoms with van der Waals surface area (Å²) in [5.74, 6) is 0.294. The van der Waals surface area contributed by atoms with Crippen LogP contribution in [0.1, 0.15) is 160 Å². The summed E-state index contributed by atoms with van der Waals surface area (Å²) in [6.45, 7) is 24.0. The SMILES string of the molecule is CC/C=C\C/C=C\C/C=C\CCCCCCCC(=O)O[C@@H]1CC(C)=C(/C=C/C(C)=C/C=C/C(C)=C/C=C/C=C(C)/C=C/C=C(C)/C=C/[C@H]2C(C)=C[C@H](O)CC2(C)C)C(C)(C)C1. The van der Waals surface area contributed by atoms with E-state index in [2.05, 4.69) is 198 Å². The average Bonchev–Trinajstić information content (AvgIpc) is 3.16. The monoisotopic (exact) mass is 829 g/mol. The third kappa shape index (κ3) is 23.0. The molecule has 0 saturated heterocycles. The van der Waals surface area contributed by atoms with E-state index in [1.807, 2.05) is 6.08 Å². The second-order valence-corrected chi connectivity index (χ2v) is 18.8. The molecular weight excluding hydrogens is 745 g/mol. The van der Waals surface area contributed by atoms with E-state index in [0.717, 1.165) is 57.8 Å². The maximum atomic E-state index is 12.7. The number of carbonyl (C=O) groups is 1. The number of rotatable bonds is 24. The van der Waals surface area contributed by atoms with Gasteiger partial charge in [-0.15, -0.1) is 0 Å². The standard InChI is InChI=1S/C58H84O3/c1-12-13-14-15-16-17-18-19-20-21-22-23-24-25-26-37-56(60)61-53-43-51(7)55(58(10,11)45-53)41-39-49(5)36-30-34-47(3)32-28-27-31-46(2)33-29-35-48(4)38-40-54-50(6)42-52(59)44-57(54,8)9/h13-14,16-17,19-20,27-36,38-42,52-54,59H,12,15,18,21-26,37,43-45H2,1-11H3/b14-13-,17-16-,20-19-,28-27+,33-29+,34-30+,40-38+,41-39+,46-31+,47-32+,48-35+,49-36+/t52-,53+,54-/m0/s1. The van der Waals surface area contributed by atoms with Gasteiger partial charge in [-0.25, -0.2) is 0 Å². The highest BCUT2D eigenvalue weighted by atomic mass is 16.5. The van der Waals surface area contributed by atoms with Crippen molar-refractivity contribution in [3.63, 3.8) is 0 Å². The van der Waals surface area contributed by atoms with Crippen LogP contribution in [0.2, 0.25) is 0 Å². The van der Waals surface area contributed by atoms with Crippen LogP contribution in [-0.2, 0) is 9.53 Å². The number of hydrogen-bond donors (Lipinski definition) is 1. The van der Waals surface area contributed by atoms with Gasteiger partial charge in [0.1, 0.15) is 6.10 Å². The molecule has 0 aromatic rings. The second kappa shape index (κ2) is 29.2. The van der Waals surface area contributed by atoms with Crippen LogP contribution in [0.4, 0.5) is 0 Å². The number of unbranched alkanes of at least 4 members (excludes halogenated alkanes) is 5. The first kappa shape index (κ1) is 52.9. The fourth-order valence-corrected chi connectivity index (χ4v) is 8.33. The van der Waals surface area contributed by atoms with Crippen LogP contribution in [0.15, 0.2) is 167 Å². The number of hydrogen-bond acceptors (Lipinski definition) is 3. The molecule has 3 atom stereocenters. The highest BCUT2D eigenvalue weighted by Gasteiger charge is 2.35. The Bertz CT molecular complexity index is 1790. The minimum absolute atomic E-state index is 0.0446. The summed E-state index contributed by atoms with van der Waals surface area (Å²) in [5.41, 5.74) is 8.64. The molecule has 0 bridgehead atoms. The van der Waals surface area contributed by atoms with Crippen LogP contribution in [0.3, 0.4) is 0 Å². The first-order valence-corrected chi connectivity index (χ1v) is 23.3. The molecule has 0 aliphatic heterocycles. The Labute approximate surface area is 374 Å². The number of ether oxygens (including phenoxy) is 1. The lowest BCUT2D eigenvalue weighted by atomic mass is 9.67. The van der Waals surface area contributed by atoms with Crippen molar-refractivity contribution >= 4 is 5.97 Å². The molecule has 0 aromatic heterocycles. The predicted octanol–water partition coefficient (Wildman–Crippen LogP) is 16.5. The Balaban J connectivity index is 1.75. The van der Waals surface area contributed by atoms with Gasteiger partial charge in [0.15, 0.2) is 0 Å². The summed E-state index contributed by atoms with van der Waals surface area (Å²) in [6, 6.07) is 0. The Hall–Kier alpha value is -4.21. The first-order valence-electron chi connectivity index (χ1n) is 23.3. The molecule has 0 radical (unpaired) electrons. The van der Waals surface area contributed by atoms with Crippen LogP contribution in [0, 0.1) is 16.7 Å². The number of allylic oxidation sites excluding steroid dienone is 26. The summed E-state index contributed by atoms with van der Waals surface area (Å²) < 4.78 is 6.01. The van der Waals surface area contributed by atoms with Crippen LogP contribution < -0.4 is 0 Å². The van der Waals surface area contributed by atoms with Gasteiger partial charge in [-0.1, -0.05) is 215 Å². The lowest BCUT2D eigenvalue weighted by Gasteiger charge is -2.38. The summed E-state index contributed by atoms with van der Waals surface area (Å²) in [4.78, 5) is 12.7. The maximum Gasteiger partial charge on any atom is 0.306 e. The molecule has 3 nitrogen and oxygen atoms in total. The predicted molar refractivity (Wildman–Crippen MR) is 267 cm³/mol. The molecule has 0 fully saturated rings. The molecule has 334 valence electrons. The third-order valence-electron chi connectivity index (χ3n) is 11.6. The Kier molecular flexibility index (Phi) is 25.3. The number of carbonyl (C=O) groups excluding carboxylic acids is 1. The average molecular weight is 829 g/mol. The third-order valence-corrected chi connectivity index (χ3v) is 11.6. The molecule has 0 heterocycles. The fourth-order valence-electron chi connectivity index (χ4n) is 8.33. The molecule has 2 aliphatic rings. The lowest BCUT2D eigenvalue weighted by Crippen LogP contribution is -2.32. The van der Waals surface area contributed by atoms with E-state index in [-0.39, 0.29) is 29.0 Å². The molecule has 0 spiro atoms. The second-order valence-electron chi connectivity index (χ2n) is 18.8. The van der Waals surface area contributed by atoms with E-state index in [4.69, 9.17) is 4.74 Å². The zero-order valence-corrected chi connectivity index (χ0v) is 40.3. The van der Waals surface area contributed by atoms with Crippen molar-refractivity contribution in [2.75, 3.05) is 0 Å². The minimum Gasteiger partial charge on any atom is -0.462 e. The van der Waals surface area contributed by atoms with Crippen molar-refractivity contribution in [1.29, 1.82) is 0 Å². The molecule has 0 unspecified atom stereocenters. The Morgan fingerprint density at radius 3 is 1.85 bits per heavy atom. The van der Waals surface area contributed by atoms with Crippen molar-refractivity contribution < 1.29 is 14.6 Å². The smallest absolute Gasteiger partial charge is 0.306 e. The van der Waals surface area contributed by atoms with E-state index < -0.39 is 0 Å². The molecule has 3 heteroatoms. The zero-order chi connectivity index (χ0) is 45.1. The normalized spacial score (nSPS) is 22.3. The van der Waals surface area contributed by atoms with Crippen molar-refractivity contribution in [1.82, 2.24) is 0 Å². The van der Waals surface area contributed by atoms with Crippen LogP contribution >= 0.6 is 0 Å². The van der Waals surface area contributed by atoms with Gasteiger partial charge >= 0.3 is 5.97 Å².